The zero-order valence-electron chi connectivity index (χ0n) is 10.2. The Morgan fingerprint density at radius 3 is 2.88 bits per heavy atom. The number of methoxy groups -OCH3 is 1. The summed E-state index contributed by atoms with van der Waals surface area (Å²) < 4.78 is 5.02. The summed E-state index contributed by atoms with van der Waals surface area (Å²) in [7, 11) is 1.56. The molecule has 92 valence electrons. The maximum Gasteiger partial charge on any atom is 0.253 e. The maximum atomic E-state index is 11.9. The van der Waals surface area contributed by atoms with Crippen molar-refractivity contribution in [1.82, 2.24) is 5.32 Å². The van der Waals surface area contributed by atoms with Gasteiger partial charge in [0.05, 0.1) is 12.7 Å². The molecule has 0 bridgehead atoms. The molecule has 0 saturated carbocycles. The van der Waals surface area contributed by atoms with Gasteiger partial charge in [-0.15, -0.1) is 6.58 Å². The van der Waals surface area contributed by atoms with Gasteiger partial charge in [-0.25, -0.2) is 0 Å². The summed E-state index contributed by atoms with van der Waals surface area (Å²) >= 11 is 0. The van der Waals surface area contributed by atoms with Crippen LogP contribution in [0.1, 0.15) is 23.7 Å². The number of nitrogens with one attached hydrogen (secondary N) is 1. The first kappa shape index (κ1) is 13.1. The van der Waals surface area contributed by atoms with Crippen LogP contribution in [-0.2, 0) is 0 Å². The van der Waals surface area contributed by atoms with E-state index in [1.54, 1.807) is 31.4 Å². The van der Waals surface area contributed by atoms with Crippen LogP contribution >= 0.6 is 0 Å². The van der Waals surface area contributed by atoms with Gasteiger partial charge in [0.15, 0.2) is 0 Å². The molecule has 0 fully saturated rings. The van der Waals surface area contributed by atoms with E-state index in [9.17, 15) is 4.79 Å². The summed E-state index contributed by atoms with van der Waals surface area (Å²) in [4.78, 5) is 11.9. The van der Waals surface area contributed by atoms with Crippen LogP contribution in [-0.4, -0.2) is 19.1 Å². The van der Waals surface area contributed by atoms with Crippen molar-refractivity contribution in [1.29, 1.82) is 0 Å². The van der Waals surface area contributed by atoms with Gasteiger partial charge in [-0.3, -0.25) is 4.79 Å². The highest BCUT2D eigenvalue weighted by atomic mass is 16.5. The minimum atomic E-state index is -0.181. The van der Waals surface area contributed by atoms with Crippen molar-refractivity contribution >= 4 is 11.6 Å². The van der Waals surface area contributed by atoms with Gasteiger partial charge in [0.2, 0.25) is 0 Å². The predicted molar refractivity (Wildman–Crippen MR) is 69.1 cm³/mol. The SMILES string of the molecule is C=CCC(C)NC(=O)c1ccc(OC)cc1N. The fourth-order valence-corrected chi connectivity index (χ4v) is 1.49. The minimum Gasteiger partial charge on any atom is -0.497 e. The first-order valence-corrected chi connectivity index (χ1v) is 5.43. The second-order valence-corrected chi connectivity index (χ2v) is 3.85. The van der Waals surface area contributed by atoms with Gasteiger partial charge >= 0.3 is 0 Å². The quantitative estimate of drug-likeness (QED) is 0.604. The summed E-state index contributed by atoms with van der Waals surface area (Å²) in [5.74, 6) is 0.456. The zero-order valence-corrected chi connectivity index (χ0v) is 10.2. The molecule has 1 amide bonds. The number of nitrogen functional groups attached to an aromatic ring is 1. The van der Waals surface area contributed by atoms with E-state index in [0.717, 1.165) is 6.42 Å². The molecule has 0 aliphatic carbocycles. The lowest BCUT2D eigenvalue weighted by Crippen LogP contribution is -2.32. The van der Waals surface area contributed by atoms with Gasteiger partial charge < -0.3 is 15.8 Å². The Balaban J connectivity index is 2.78. The number of benzene rings is 1. The number of ether oxygens (including phenoxy) is 1. The lowest BCUT2D eigenvalue weighted by atomic mass is 10.1. The van der Waals surface area contributed by atoms with Crippen LogP contribution in [0.15, 0.2) is 30.9 Å². The monoisotopic (exact) mass is 234 g/mol. The van der Waals surface area contributed by atoms with Gasteiger partial charge in [0.25, 0.3) is 5.91 Å². The van der Waals surface area contributed by atoms with E-state index >= 15 is 0 Å². The van der Waals surface area contributed by atoms with Crippen LogP contribution in [0.3, 0.4) is 0 Å². The van der Waals surface area contributed by atoms with Crippen LogP contribution < -0.4 is 15.8 Å². The zero-order chi connectivity index (χ0) is 12.8. The molecule has 17 heavy (non-hydrogen) atoms. The van der Waals surface area contributed by atoms with E-state index in [0.29, 0.717) is 17.0 Å². The van der Waals surface area contributed by atoms with Crippen LogP contribution in [0.25, 0.3) is 0 Å². The Morgan fingerprint density at radius 1 is 1.65 bits per heavy atom. The molecule has 1 rings (SSSR count). The Labute approximate surface area is 101 Å². The number of anilines is 1. The maximum absolute atomic E-state index is 11.9. The highest BCUT2D eigenvalue weighted by molar-refractivity contribution is 5.99. The van der Waals surface area contributed by atoms with Crippen LogP contribution in [0.2, 0.25) is 0 Å². The van der Waals surface area contributed by atoms with Gasteiger partial charge in [-0.2, -0.15) is 0 Å². The summed E-state index contributed by atoms with van der Waals surface area (Å²) in [6.45, 7) is 5.54. The molecule has 4 heteroatoms. The van der Waals surface area contributed by atoms with Crippen molar-refractivity contribution < 1.29 is 9.53 Å². The number of hydrogen-bond acceptors (Lipinski definition) is 3. The first-order chi connectivity index (χ1) is 8.08. The first-order valence-electron chi connectivity index (χ1n) is 5.43. The largest absolute Gasteiger partial charge is 0.497 e. The molecule has 0 saturated heterocycles. The topological polar surface area (TPSA) is 64.3 Å². The third-order valence-electron chi connectivity index (χ3n) is 2.40. The van der Waals surface area contributed by atoms with Crippen molar-refractivity contribution in [2.45, 2.75) is 19.4 Å². The van der Waals surface area contributed by atoms with Crippen LogP contribution in [0.5, 0.6) is 5.75 Å². The minimum absolute atomic E-state index is 0.0431. The van der Waals surface area contributed by atoms with E-state index in [2.05, 4.69) is 11.9 Å². The highest BCUT2D eigenvalue weighted by Gasteiger charge is 2.12. The van der Waals surface area contributed by atoms with Gasteiger partial charge in [-0.1, -0.05) is 6.08 Å². The average molecular weight is 234 g/mol. The summed E-state index contributed by atoms with van der Waals surface area (Å²) in [5, 5.41) is 2.84. The molecular weight excluding hydrogens is 216 g/mol. The second-order valence-electron chi connectivity index (χ2n) is 3.85. The van der Waals surface area contributed by atoms with Gasteiger partial charge in [0.1, 0.15) is 5.75 Å². The van der Waals surface area contributed by atoms with Crippen molar-refractivity contribution in [2.24, 2.45) is 0 Å². The van der Waals surface area contributed by atoms with E-state index in [-0.39, 0.29) is 11.9 Å². The van der Waals surface area contributed by atoms with Gasteiger partial charge in [-0.05, 0) is 25.5 Å². The van der Waals surface area contributed by atoms with Crippen LogP contribution in [0.4, 0.5) is 5.69 Å². The molecule has 0 heterocycles. The number of carbonyl (C=O) groups is 1. The highest BCUT2D eigenvalue weighted by Crippen LogP contribution is 2.19. The lowest BCUT2D eigenvalue weighted by Gasteiger charge is -2.13. The molecule has 4 nitrogen and oxygen atoms in total. The normalized spacial score (nSPS) is 11.6. The molecular formula is C13H18N2O2. The summed E-state index contributed by atoms with van der Waals surface area (Å²) in [5.41, 5.74) is 6.66. The van der Waals surface area contributed by atoms with Crippen molar-refractivity contribution in [3.05, 3.63) is 36.4 Å². The van der Waals surface area contributed by atoms with Crippen molar-refractivity contribution in [2.75, 3.05) is 12.8 Å². The molecule has 1 aromatic rings. The Morgan fingerprint density at radius 2 is 2.35 bits per heavy atom. The molecule has 0 radical (unpaired) electrons. The van der Waals surface area contributed by atoms with Gasteiger partial charge in [0, 0.05) is 17.8 Å². The van der Waals surface area contributed by atoms with E-state index in [1.807, 2.05) is 6.92 Å². The number of rotatable bonds is 5. The standard InChI is InChI=1S/C13H18N2O2/c1-4-5-9(2)15-13(16)11-7-6-10(17-3)8-12(11)14/h4,6-9H,1,5,14H2,2-3H3,(H,15,16). The Hall–Kier alpha value is -1.97. The lowest BCUT2D eigenvalue weighted by molar-refractivity contribution is 0.0941. The Kier molecular flexibility index (Phi) is 4.57. The van der Waals surface area contributed by atoms with E-state index in [4.69, 9.17) is 10.5 Å². The molecule has 3 N–H and O–H groups in total. The number of nitrogens with two attached hydrogens (primary N) is 1. The molecule has 1 aromatic carbocycles. The molecule has 1 atom stereocenters. The third kappa shape index (κ3) is 3.52. The average Bonchev–Trinajstić information content (AvgIpc) is 2.28. The number of hydrogen-bond donors (Lipinski definition) is 2. The van der Waals surface area contributed by atoms with Crippen molar-refractivity contribution in [3.63, 3.8) is 0 Å². The molecule has 0 aromatic heterocycles. The fourth-order valence-electron chi connectivity index (χ4n) is 1.49. The van der Waals surface area contributed by atoms with E-state index in [1.165, 1.54) is 0 Å². The fraction of sp³-hybridized carbons (Fsp3) is 0.308. The molecule has 0 spiro atoms. The number of amides is 1. The number of carbonyl (C=O) groups excluding carboxylic acids is 1. The molecule has 1 unspecified atom stereocenters. The summed E-state index contributed by atoms with van der Waals surface area (Å²) in [6, 6.07) is 5.04. The van der Waals surface area contributed by atoms with E-state index < -0.39 is 0 Å². The third-order valence-corrected chi connectivity index (χ3v) is 2.40. The predicted octanol–water partition coefficient (Wildman–Crippen LogP) is 1.97. The van der Waals surface area contributed by atoms with Crippen molar-refractivity contribution in [3.8, 4) is 5.75 Å². The Bertz CT molecular complexity index is 416. The molecule has 0 aliphatic rings. The summed E-state index contributed by atoms with van der Waals surface area (Å²) in [6.07, 6.45) is 2.49. The second kappa shape index (κ2) is 5.94. The molecule has 0 aliphatic heterocycles. The smallest absolute Gasteiger partial charge is 0.253 e. The van der Waals surface area contributed by atoms with Crippen LogP contribution in [0, 0.1) is 0 Å².